The van der Waals surface area contributed by atoms with Crippen LogP contribution < -0.4 is 4.90 Å². The molecule has 0 spiro atoms. The lowest BCUT2D eigenvalue weighted by Crippen LogP contribution is -2.48. The molecule has 0 radical (unpaired) electrons. The van der Waals surface area contributed by atoms with Crippen LogP contribution in [0.3, 0.4) is 0 Å². The number of benzene rings is 3. The summed E-state index contributed by atoms with van der Waals surface area (Å²) in [6, 6.07) is 19.7. The number of aromatic nitrogens is 2. The van der Waals surface area contributed by atoms with Crippen LogP contribution in [-0.2, 0) is 0 Å². The first kappa shape index (κ1) is 17.6. The summed E-state index contributed by atoms with van der Waals surface area (Å²) in [5.74, 6) is -0.240. The number of fused-ring (bicyclic) bond motifs is 2. The maximum absolute atomic E-state index is 13.1. The van der Waals surface area contributed by atoms with E-state index in [0.717, 1.165) is 40.8 Å². The van der Waals surface area contributed by atoms with E-state index < -0.39 is 0 Å². The summed E-state index contributed by atoms with van der Waals surface area (Å²) in [6.45, 7) is 2.68. The van der Waals surface area contributed by atoms with Crippen LogP contribution in [0.2, 0.25) is 0 Å². The Balaban J connectivity index is 1.34. The molecule has 3 aromatic carbocycles. The Bertz CT molecular complexity index is 1200. The van der Waals surface area contributed by atoms with Crippen molar-refractivity contribution in [3.63, 3.8) is 0 Å². The number of amides is 1. The third-order valence-corrected chi connectivity index (χ3v) is 5.34. The second-order valence-electron chi connectivity index (χ2n) is 7.17. The highest BCUT2D eigenvalue weighted by Gasteiger charge is 2.22. The van der Waals surface area contributed by atoms with Crippen LogP contribution in [0.1, 0.15) is 10.4 Å². The quantitative estimate of drug-likeness (QED) is 0.491. The van der Waals surface area contributed by atoms with Gasteiger partial charge in [0, 0.05) is 37.4 Å². The van der Waals surface area contributed by atoms with Crippen molar-refractivity contribution in [2.75, 3.05) is 31.1 Å². The van der Waals surface area contributed by atoms with Gasteiger partial charge in [0.2, 0.25) is 0 Å². The maximum Gasteiger partial charge on any atom is 0.254 e. The average Bonchev–Trinajstić information content (AvgIpc) is 2.77. The molecule has 6 heteroatoms. The van der Waals surface area contributed by atoms with Crippen LogP contribution in [0.25, 0.3) is 22.1 Å². The Morgan fingerprint density at radius 2 is 1.38 bits per heavy atom. The minimum atomic E-state index is -0.241. The number of hydrogen-bond donors (Lipinski definition) is 0. The maximum atomic E-state index is 13.1. The van der Waals surface area contributed by atoms with Gasteiger partial charge < -0.3 is 9.80 Å². The Morgan fingerprint density at radius 3 is 2.07 bits per heavy atom. The minimum absolute atomic E-state index is 0.000569. The lowest BCUT2D eigenvalue weighted by atomic mass is 10.1. The Morgan fingerprint density at radius 1 is 0.759 bits per heavy atom. The Labute approximate surface area is 167 Å². The summed E-state index contributed by atoms with van der Waals surface area (Å²) in [5.41, 5.74) is 4.76. The Hall–Kier alpha value is -3.54. The molecule has 1 aliphatic heterocycles. The van der Waals surface area contributed by atoms with E-state index in [9.17, 15) is 9.18 Å². The number of hydrogen-bond acceptors (Lipinski definition) is 4. The van der Waals surface area contributed by atoms with Crippen LogP contribution in [-0.4, -0.2) is 47.0 Å². The van der Waals surface area contributed by atoms with Gasteiger partial charge in [-0.25, -0.2) is 14.4 Å². The monoisotopic (exact) mass is 386 g/mol. The molecule has 0 N–H and O–H groups in total. The molecule has 4 aromatic rings. The van der Waals surface area contributed by atoms with Crippen molar-refractivity contribution >= 4 is 33.7 Å². The molecular formula is C23H19FN4O. The smallest absolute Gasteiger partial charge is 0.254 e. The Kier molecular flexibility index (Phi) is 4.31. The van der Waals surface area contributed by atoms with Gasteiger partial charge in [-0.2, -0.15) is 0 Å². The van der Waals surface area contributed by atoms with Gasteiger partial charge >= 0.3 is 0 Å². The van der Waals surface area contributed by atoms with Crippen LogP contribution in [0, 0.1) is 5.82 Å². The predicted molar refractivity (Wildman–Crippen MR) is 112 cm³/mol. The number of anilines is 1. The van der Waals surface area contributed by atoms with E-state index in [4.69, 9.17) is 0 Å². The first-order chi connectivity index (χ1) is 14.2. The molecule has 0 unspecified atom stereocenters. The van der Waals surface area contributed by atoms with Gasteiger partial charge in [0.05, 0.1) is 22.1 Å². The average molecular weight is 386 g/mol. The molecule has 1 amide bonds. The molecule has 1 aromatic heterocycles. The van der Waals surface area contributed by atoms with Gasteiger partial charge in [-0.05, 0) is 54.6 Å². The van der Waals surface area contributed by atoms with Gasteiger partial charge in [0.25, 0.3) is 5.91 Å². The molecule has 1 saturated heterocycles. The fraction of sp³-hybridized carbons (Fsp3) is 0.174. The van der Waals surface area contributed by atoms with E-state index in [2.05, 4.69) is 14.9 Å². The van der Waals surface area contributed by atoms with E-state index in [1.165, 1.54) is 12.1 Å². The van der Waals surface area contributed by atoms with Crippen molar-refractivity contribution < 1.29 is 9.18 Å². The van der Waals surface area contributed by atoms with Gasteiger partial charge in [-0.15, -0.1) is 0 Å². The van der Waals surface area contributed by atoms with Gasteiger partial charge in [0.1, 0.15) is 5.82 Å². The summed E-state index contributed by atoms with van der Waals surface area (Å²) >= 11 is 0. The normalized spacial score (nSPS) is 14.5. The lowest BCUT2D eigenvalue weighted by molar-refractivity contribution is 0.0747. The zero-order chi connectivity index (χ0) is 19.8. The molecule has 144 valence electrons. The summed E-state index contributed by atoms with van der Waals surface area (Å²) in [6.07, 6.45) is 0. The zero-order valence-corrected chi connectivity index (χ0v) is 15.8. The van der Waals surface area contributed by atoms with Crippen LogP contribution in [0.4, 0.5) is 10.1 Å². The third-order valence-electron chi connectivity index (χ3n) is 5.34. The number of nitrogens with zero attached hydrogens (tertiary/aromatic N) is 4. The molecule has 29 heavy (non-hydrogen) atoms. The van der Waals surface area contributed by atoms with E-state index in [1.807, 2.05) is 47.4 Å². The summed E-state index contributed by atoms with van der Waals surface area (Å²) in [4.78, 5) is 26.3. The largest absolute Gasteiger partial charge is 0.368 e. The number of para-hydroxylation sites is 2. The van der Waals surface area contributed by atoms with Crippen molar-refractivity contribution in [3.8, 4) is 0 Å². The SMILES string of the molecule is O=C(c1ccc2nc3ccccc3nc2c1)N1CCN(c2ccc(F)cc2)CC1. The lowest BCUT2D eigenvalue weighted by Gasteiger charge is -2.36. The van der Waals surface area contributed by atoms with E-state index >= 15 is 0 Å². The van der Waals surface area contributed by atoms with Crippen molar-refractivity contribution in [1.29, 1.82) is 0 Å². The fourth-order valence-electron chi connectivity index (χ4n) is 3.76. The van der Waals surface area contributed by atoms with E-state index in [0.29, 0.717) is 18.7 Å². The second-order valence-corrected chi connectivity index (χ2v) is 7.17. The molecule has 5 rings (SSSR count). The van der Waals surface area contributed by atoms with Crippen molar-refractivity contribution in [1.82, 2.24) is 14.9 Å². The number of carbonyl (C=O) groups is 1. The number of carbonyl (C=O) groups excluding carboxylic acids is 1. The third kappa shape index (κ3) is 3.38. The second kappa shape index (κ2) is 7.13. The number of halogens is 1. The summed E-state index contributed by atoms with van der Waals surface area (Å²) < 4.78 is 13.1. The van der Waals surface area contributed by atoms with Crippen LogP contribution in [0.15, 0.2) is 66.7 Å². The van der Waals surface area contributed by atoms with E-state index in [-0.39, 0.29) is 11.7 Å². The summed E-state index contributed by atoms with van der Waals surface area (Å²) in [7, 11) is 0. The molecule has 2 heterocycles. The molecule has 1 fully saturated rings. The molecular weight excluding hydrogens is 367 g/mol. The highest BCUT2D eigenvalue weighted by molar-refractivity contribution is 5.98. The molecule has 0 bridgehead atoms. The van der Waals surface area contributed by atoms with Crippen LogP contribution >= 0.6 is 0 Å². The fourth-order valence-corrected chi connectivity index (χ4v) is 3.76. The number of piperazine rings is 1. The molecule has 1 aliphatic rings. The van der Waals surface area contributed by atoms with Crippen molar-refractivity contribution in [2.45, 2.75) is 0 Å². The first-order valence-electron chi connectivity index (χ1n) is 9.64. The first-order valence-corrected chi connectivity index (χ1v) is 9.64. The topological polar surface area (TPSA) is 49.3 Å². The predicted octanol–water partition coefficient (Wildman–Crippen LogP) is 3.88. The molecule has 0 atom stereocenters. The summed E-state index contributed by atoms with van der Waals surface area (Å²) in [5, 5.41) is 0. The highest BCUT2D eigenvalue weighted by atomic mass is 19.1. The van der Waals surface area contributed by atoms with Crippen molar-refractivity contribution in [3.05, 3.63) is 78.1 Å². The molecule has 0 saturated carbocycles. The van der Waals surface area contributed by atoms with Crippen molar-refractivity contribution in [2.24, 2.45) is 0 Å². The molecule has 5 nitrogen and oxygen atoms in total. The molecule has 0 aliphatic carbocycles. The zero-order valence-electron chi connectivity index (χ0n) is 15.8. The van der Waals surface area contributed by atoms with Gasteiger partial charge in [0.15, 0.2) is 0 Å². The minimum Gasteiger partial charge on any atom is -0.368 e. The van der Waals surface area contributed by atoms with E-state index in [1.54, 1.807) is 12.1 Å². The standard InChI is InChI=1S/C23H19FN4O/c24-17-6-8-18(9-7-17)27-11-13-28(14-12-27)23(29)16-5-10-21-22(15-16)26-20-4-2-1-3-19(20)25-21/h1-10,15H,11-14H2. The van der Waals surface area contributed by atoms with Gasteiger partial charge in [-0.3, -0.25) is 4.79 Å². The highest BCUT2D eigenvalue weighted by Crippen LogP contribution is 2.20. The van der Waals surface area contributed by atoms with Crippen LogP contribution in [0.5, 0.6) is 0 Å². The van der Waals surface area contributed by atoms with Gasteiger partial charge in [-0.1, -0.05) is 12.1 Å². The number of rotatable bonds is 2.